The summed E-state index contributed by atoms with van der Waals surface area (Å²) in [5.74, 6) is 0.178. The molecule has 12 heavy (non-hydrogen) atoms. The van der Waals surface area contributed by atoms with Crippen LogP contribution in [0.2, 0.25) is 0 Å². The van der Waals surface area contributed by atoms with Crippen LogP contribution >= 0.6 is 0 Å². The Morgan fingerprint density at radius 1 is 0.917 bits per heavy atom. The molecule has 1 aliphatic rings. The molecule has 0 radical (unpaired) electrons. The van der Waals surface area contributed by atoms with Crippen molar-refractivity contribution >= 4 is 11.8 Å². The van der Waals surface area contributed by atoms with Gasteiger partial charge in [-0.15, -0.1) is 0 Å². The Bertz CT molecular complexity index is 139. The maximum absolute atomic E-state index is 11.0. The average Bonchev–Trinajstić information content (AvgIpc) is 2.06. The number of hydrogen-bond donors (Lipinski definition) is 0. The van der Waals surface area contributed by atoms with Gasteiger partial charge in [-0.25, -0.2) is 0 Å². The molecule has 1 aliphatic heterocycles. The average molecular weight is 170 g/mol. The number of ketones is 1. The van der Waals surface area contributed by atoms with Crippen LogP contribution in [0, 0.1) is 0 Å². The highest BCUT2D eigenvalue weighted by Crippen LogP contribution is 2.07. The Balaban J connectivity index is 2.29. The molecule has 1 saturated heterocycles. The lowest BCUT2D eigenvalue weighted by atomic mass is 10.1. The van der Waals surface area contributed by atoms with Gasteiger partial charge in [0.1, 0.15) is 5.78 Å². The molecule has 1 rings (SSSR count). The molecule has 0 aromatic rings. The van der Waals surface area contributed by atoms with Gasteiger partial charge in [0, 0.05) is 19.3 Å². The van der Waals surface area contributed by atoms with Crippen LogP contribution < -0.4 is 0 Å². The molecule has 0 aromatic carbocycles. The minimum Gasteiger partial charge on any atom is -0.466 e. The van der Waals surface area contributed by atoms with Gasteiger partial charge in [-0.2, -0.15) is 0 Å². The zero-order valence-electron chi connectivity index (χ0n) is 7.17. The molecule has 0 bridgehead atoms. The van der Waals surface area contributed by atoms with Crippen molar-refractivity contribution in [1.82, 2.24) is 0 Å². The molecule has 1 heterocycles. The van der Waals surface area contributed by atoms with Crippen molar-refractivity contribution in [3.63, 3.8) is 0 Å². The van der Waals surface area contributed by atoms with E-state index in [4.69, 9.17) is 4.74 Å². The molecule has 0 atom stereocenters. The molecule has 0 amide bonds. The Morgan fingerprint density at radius 3 is 2.42 bits per heavy atom. The first-order valence-corrected chi connectivity index (χ1v) is 4.46. The minimum atomic E-state index is -0.121. The second kappa shape index (κ2) is 4.91. The van der Waals surface area contributed by atoms with Gasteiger partial charge in [-0.3, -0.25) is 9.59 Å². The van der Waals surface area contributed by atoms with Gasteiger partial charge in [0.15, 0.2) is 0 Å². The standard InChI is InChI=1S/C9H14O3/c10-8-4-1-2-6-9(11)12-7-3-5-8/h1-7H2. The van der Waals surface area contributed by atoms with Crippen molar-refractivity contribution in [3.8, 4) is 0 Å². The lowest BCUT2D eigenvalue weighted by Gasteiger charge is -2.07. The zero-order valence-corrected chi connectivity index (χ0v) is 7.17. The van der Waals surface area contributed by atoms with E-state index < -0.39 is 0 Å². The van der Waals surface area contributed by atoms with E-state index in [0.717, 1.165) is 12.8 Å². The lowest BCUT2D eigenvalue weighted by molar-refractivity contribution is -0.144. The number of hydrogen-bond acceptors (Lipinski definition) is 3. The van der Waals surface area contributed by atoms with E-state index in [0.29, 0.717) is 38.1 Å². The van der Waals surface area contributed by atoms with Crippen LogP contribution in [0.4, 0.5) is 0 Å². The van der Waals surface area contributed by atoms with Crippen molar-refractivity contribution in [2.75, 3.05) is 6.61 Å². The number of rotatable bonds is 0. The van der Waals surface area contributed by atoms with Crippen LogP contribution in [0.25, 0.3) is 0 Å². The van der Waals surface area contributed by atoms with E-state index in [9.17, 15) is 9.59 Å². The summed E-state index contributed by atoms with van der Waals surface area (Å²) in [5.41, 5.74) is 0. The van der Waals surface area contributed by atoms with E-state index in [1.54, 1.807) is 0 Å². The first kappa shape index (κ1) is 9.23. The van der Waals surface area contributed by atoms with E-state index in [-0.39, 0.29) is 5.97 Å². The summed E-state index contributed by atoms with van der Waals surface area (Å²) in [6.07, 6.45) is 3.96. The summed E-state index contributed by atoms with van der Waals surface area (Å²) < 4.78 is 4.88. The van der Waals surface area contributed by atoms with Crippen molar-refractivity contribution in [2.45, 2.75) is 38.5 Å². The van der Waals surface area contributed by atoms with E-state index in [1.807, 2.05) is 0 Å². The summed E-state index contributed by atoms with van der Waals surface area (Å²) in [7, 11) is 0. The highest BCUT2D eigenvalue weighted by atomic mass is 16.5. The third-order valence-electron chi connectivity index (χ3n) is 1.95. The molecule has 0 N–H and O–H groups in total. The molecular weight excluding hydrogens is 156 g/mol. The highest BCUT2D eigenvalue weighted by Gasteiger charge is 2.08. The number of esters is 1. The highest BCUT2D eigenvalue weighted by molar-refractivity contribution is 5.78. The molecule has 3 heteroatoms. The Morgan fingerprint density at radius 2 is 1.58 bits per heavy atom. The predicted octanol–water partition coefficient (Wildman–Crippen LogP) is 1.45. The largest absolute Gasteiger partial charge is 0.466 e. The fourth-order valence-electron chi connectivity index (χ4n) is 1.24. The number of ether oxygens (including phenoxy) is 1. The SMILES string of the molecule is O=C1CCCCC(=O)OCCC1. The maximum atomic E-state index is 11.0. The number of Topliss-reactive ketones (excluding diaryl/α,β-unsaturated/α-hetero) is 1. The van der Waals surface area contributed by atoms with Crippen LogP contribution in [-0.2, 0) is 14.3 Å². The Labute approximate surface area is 72.1 Å². The monoisotopic (exact) mass is 170 g/mol. The fraction of sp³-hybridized carbons (Fsp3) is 0.778. The van der Waals surface area contributed by atoms with Crippen molar-refractivity contribution in [1.29, 1.82) is 0 Å². The molecular formula is C9H14O3. The summed E-state index contributed by atoms with van der Waals surface area (Å²) in [6, 6.07) is 0. The predicted molar refractivity (Wildman–Crippen MR) is 43.7 cm³/mol. The van der Waals surface area contributed by atoms with Gasteiger partial charge in [0.25, 0.3) is 0 Å². The first-order valence-electron chi connectivity index (χ1n) is 4.46. The smallest absolute Gasteiger partial charge is 0.305 e. The zero-order chi connectivity index (χ0) is 8.81. The van der Waals surface area contributed by atoms with Crippen LogP contribution in [0.1, 0.15) is 38.5 Å². The van der Waals surface area contributed by atoms with E-state index >= 15 is 0 Å². The molecule has 0 unspecified atom stereocenters. The van der Waals surface area contributed by atoms with Gasteiger partial charge in [0.05, 0.1) is 6.61 Å². The Hall–Kier alpha value is -0.860. The van der Waals surface area contributed by atoms with Gasteiger partial charge < -0.3 is 4.74 Å². The van der Waals surface area contributed by atoms with E-state index in [2.05, 4.69) is 0 Å². The summed E-state index contributed by atoms with van der Waals surface area (Å²) in [6.45, 7) is 0.407. The van der Waals surface area contributed by atoms with Gasteiger partial charge in [-0.1, -0.05) is 0 Å². The van der Waals surface area contributed by atoms with Gasteiger partial charge in [-0.05, 0) is 19.3 Å². The molecule has 0 aromatic heterocycles. The van der Waals surface area contributed by atoms with Crippen molar-refractivity contribution < 1.29 is 14.3 Å². The normalized spacial score (nSPS) is 21.7. The van der Waals surface area contributed by atoms with Gasteiger partial charge in [0.2, 0.25) is 0 Å². The first-order chi connectivity index (χ1) is 5.79. The van der Waals surface area contributed by atoms with E-state index in [1.165, 1.54) is 0 Å². The molecule has 68 valence electrons. The molecule has 0 saturated carbocycles. The van der Waals surface area contributed by atoms with Crippen molar-refractivity contribution in [2.24, 2.45) is 0 Å². The summed E-state index contributed by atoms with van der Waals surface area (Å²) >= 11 is 0. The third kappa shape index (κ3) is 3.51. The molecule has 0 spiro atoms. The molecule has 1 fully saturated rings. The number of carbonyl (C=O) groups is 2. The second-order valence-electron chi connectivity index (χ2n) is 3.07. The topological polar surface area (TPSA) is 43.4 Å². The minimum absolute atomic E-state index is 0.121. The van der Waals surface area contributed by atoms with Crippen LogP contribution in [0.3, 0.4) is 0 Å². The second-order valence-corrected chi connectivity index (χ2v) is 3.07. The number of cyclic esters (lactones) is 1. The quantitative estimate of drug-likeness (QED) is 0.517. The molecule has 0 aliphatic carbocycles. The van der Waals surface area contributed by atoms with Crippen LogP contribution in [-0.4, -0.2) is 18.4 Å². The van der Waals surface area contributed by atoms with Crippen molar-refractivity contribution in [3.05, 3.63) is 0 Å². The summed E-state index contributed by atoms with van der Waals surface area (Å²) in [4.78, 5) is 21.9. The Kier molecular flexibility index (Phi) is 3.77. The number of carbonyl (C=O) groups excluding carboxylic acids is 2. The van der Waals surface area contributed by atoms with Crippen LogP contribution in [0.15, 0.2) is 0 Å². The lowest BCUT2D eigenvalue weighted by Crippen LogP contribution is -2.10. The molecule has 3 nitrogen and oxygen atoms in total. The van der Waals surface area contributed by atoms with Crippen LogP contribution in [0.5, 0.6) is 0 Å². The fourth-order valence-corrected chi connectivity index (χ4v) is 1.24. The van der Waals surface area contributed by atoms with Gasteiger partial charge >= 0.3 is 5.97 Å². The maximum Gasteiger partial charge on any atom is 0.305 e. The third-order valence-corrected chi connectivity index (χ3v) is 1.95. The summed E-state index contributed by atoms with van der Waals surface area (Å²) in [5, 5.41) is 0.